The summed E-state index contributed by atoms with van der Waals surface area (Å²) < 4.78 is 6.94. The van der Waals surface area contributed by atoms with Gasteiger partial charge in [-0.15, -0.1) is 5.10 Å². The molecule has 1 aromatic heterocycles. The smallest absolute Gasteiger partial charge is 0.327 e. The third-order valence-electron chi connectivity index (χ3n) is 4.51. The normalized spacial score (nSPS) is 10.9. The Balaban J connectivity index is 1.84. The average Bonchev–Trinajstić information content (AvgIpc) is 3.12. The van der Waals surface area contributed by atoms with Crippen LogP contribution in [0.1, 0.15) is 32.6 Å². The van der Waals surface area contributed by atoms with Crippen molar-refractivity contribution < 1.29 is 9.53 Å². The molecule has 0 saturated heterocycles. The third kappa shape index (κ3) is 5.81. The summed E-state index contributed by atoms with van der Waals surface area (Å²) in [6, 6.07) is 14.7. The molecule has 3 rings (SSSR count). The van der Waals surface area contributed by atoms with Crippen LogP contribution in [-0.2, 0) is 16.1 Å². The molecule has 0 N–H and O–H groups in total. The minimum Gasteiger partial charge on any atom is -0.464 e. The highest BCUT2D eigenvalue weighted by Gasteiger charge is 2.19. The van der Waals surface area contributed by atoms with Crippen LogP contribution in [0.15, 0.2) is 48.5 Å². The van der Waals surface area contributed by atoms with Crippen molar-refractivity contribution in [3.63, 3.8) is 0 Å². The first-order valence-corrected chi connectivity index (χ1v) is 10.4. The lowest BCUT2D eigenvalue weighted by molar-refractivity contribution is -0.144. The number of aromatic nitrogens is 3. The summed E-state index contributed by atoms with van der Waals surface area (Å²) in [5, 5.41) is 9.80. The first-order chi connectivity index (χ1) is 14.1. The monoisotopic (exact) mass is 431 g/mol. The van der Waals surface area contributed by atoms with E-state index in [-0.39, 0.29) is 12.5 Å². The number of rotatable bonds is 9. The van der Waals surface area contributed by atoms with Crippen LogP contribution in [-0.4, -0.2) is 27.6 Å². The van der Waals surface area contributed by atoms with Crippen molar-refractivity contribution in [1.82, 2.24) is 15.0 Å². The van der Waals surface area contributed by atoms with Gasteiger partial charge in [-0.2, -0.15) is 0 Å². The topological polar surface area (TPSA) is 57.0 Å². The minimum absolute atomic E-state index is 0.00761. The lowest BCUT2D eigenvalue weighted by atomic mass is 10.0. The zero-order valence-electron chi connectivity index (χ0n) is 16.3. The lowest BCUT2D eigenvalue weighted by Gasteiger charge is -2.09. The van der Waals surface area contributed by atoms with Gasteiger partial charge in [-0.25, -0.2) is 4.68 Å². The Hall–Kier alpha value is -2.37. The Bertz CT molecular complexity index is 938. The van der Waals surface area contributed by atoms with Crippen LogP contribution in [0, 0.1) is 0 Å². The maximum atomic E-state index is 12.3. The number of carbonyl (C=O) groups is 1. The van der Waals surface area contributed by atoms with Gasteiger partial charge in [0, 0.05) is 21.2 Å². The van der Waals surface area contributed by atoms with E-state index in [1.165, 1.54) is 0 Å². The Morgan fingerprint density at radius 3 is 2.17 bits per heavy atom. The number of hydrogen-bond acceptors (Lipinski definition) is 4. The molecule has 0 aliphatic heterocycles. The van der Waals surface area contributed by atoms with Gasteiger partial charge in [-0.3, -0.25) is 4.79 Å². The largest absolute Gasteiger partial charge is 0.464 e. The maximum Gasteiger partial charge on any atom is 0.327 e. The predicted octanol–water partition coefficient (Wildman–Crippen LogP) is 6.04. The van der Waals surface area contributed by atoms with Crippen molar-refractivity contribution in [2.45, 2.75) is 39.2 Å². The standard InChI is InChI=1S/C22H23Cl2N3O2/c1-2-3-4-5-14-29-20(28)15-27-22(17-8-12-19(24)13-9-17)21(25-26-27)16-6-10-18(23)11-7-16/h6-13H,2-5,14-15H2,1H3. The Labute approximate surface area is 180 Å². The molecule has 0 atom stereocenters. The highest BCUT2D eigenvalue weighted by atomic mass is 35.5. The van der Waals surface area contributed by atoms with Crippen molar-refractivity contribution >= 4 is 29.2 Å². The highest BCUT2D eigenvalue weighted by Crippen LogP contribution is 2.31. The van der Waals surface area contributed by atoms with Crippen molar-refractivity contribution in [1.29, 1.82) is 0 Å². The fraction of sp³-hybridized carbons (Fsp3) is 0.318. The molecule has 0 spiro atoms. The van der Waals surface area contributed by atoms with Gasteiger partial charge in [-0.1, -0.05) is 78.9 Å². The van der Waals surface area contributed by atoms with Gasteiger partial charge >= 0.3 is 5.97 Å². The summed E-state index contributed by atoms with van der Waals surface area (Å²) in [7, 11) is 0. The van der Waals surface area contributed by atoms with Crippen molar-refractivity contribution in [2.75, 3.05) is 6.61 Å². The van der Waals surface area contributed by atoms with Crippen LogP contribution in [0.5, 0.6) is 0 Å². The summed E-state index contributed by atoms with van der Waals surface area (Å²) >= 11 is 12.0. The second kappa shape index (κ2) is 10.4. The van der Waals surface area contributed by atoms with Gasteiger partial charge in [-0.05, 0) is 30.7 Å². The van der Waals surface area contributed by atoms with Gasteiger partial charge in [0.2, 0.25) is 0 Å². The molecular formula is C22H23Cl2N3O2. The van der Waals surface area contributed by atoms with Crippen LogP contribution in [0.4, 0.5) is 0 Å². The lowest BCUT2D eigenvalue weighted by Crippen LogP contribution is -2.16. The summed E-state index contributed by atoms with van der Waals surface area (Å²) in [6.45, 7) is 2.56. The van der Waals surface area contributed by atoms with Crippen LogP contribution in [0.3, 0.4) is 0 Å². The fourth-order valence-corrected chi connectivity index (χ4v) is 3.25. The molecule has 0 amide bonds. The molecule has 0 aliphatic rings. The van der Waals surface area contributed by atoms with Gasteiger partial charge in [0.15, 0.2) is 0 Å². The van der Waals surface area contributed by atoms with Crippen LogP contribution in [0.2, 0.25) is 10.0 Å². The van der Waals surface area contributed by atoms with Gasteiger partial charge in [0.1, 0.15) is 12.2 Å². The van der Waals surface area contributed by atoms with E-state index in [0.717, 1.165) is 42.5 Å². The van der Waals surface area contributed by atoms with Gasteiger partial charge in [0.05, 0.1) is 12.3 Å². The van der Waals surface area contributed by atoms with E-state index in [1.807, 2.05) is 24.3 Å². The molecule has 7 heteroatoms. The quantitative estimate of drug-likeness (QED) is 0.306. The Morgan fingerprint density at radius 1 is 0.931 bits per heavy atom. The first-order valence-electron chi connectivity index (χ1n) is 9.69. The van der Waals surface area contributed by atoms with Crippen LogP contribution in [0.25, 0.3) is 22.5 Å². The molecule has 0 fully saturated rings. The molecule has 29 heavy (non-hydrogen) atoms. The van der Waals surface area contributed by atoms with E-state index in [1.54, 1.807) is 28.9 Å². The molecule has 0 bridgehead atoms. The highest BCUT2D eigenvalue weighted by molar-refractivity contribution is 6.31. The van der Waals surface area contributed by atoms with Gasteiger partial charge in [0.25, 0.3) is 0 Å². The van der Waals surface area contributed by atoms with Crippen molar-refractivity contribution in [3.05, 3.63) is 58.6 Å². The summed E-state index contributed by atoms with van der Waals surface area (Å²) in [5.41, 5.74) is 3.12. The molecule has 0 unspecified atom stereocenters. The molecule has 5 nitrogen and oxygen atoms in total. The molecular weight excluding hydrogens is 409 g/mol. The molecule has 0 saturated carbocycles. The SMILES string of the molecule is CCCCCCOC(=O)Cn1nnc(-c2ccc(Cl)cc2)c1-c1ccc(Cl)cc1. The van der Waals surface area contributed by atoms with Crippen LogP contribution < -0.4 is 0 Å². The van der Waals surface area contributed by atoms with E-state index in [4.69, 9.17) is 27.9 Å². The fourth-order valence-electron chi connectivity index (χ4n) is 3.00. The first kappa shape index (κ1) is 21.3. The van der Waals surface area contributed by atoms with E-state index in [9.17, 15) is 4.79 Å². The third-order valence-corrected chi connectivity index (χ3v) is 5.01. The Kier molecular flexibility index (Phi) is 7.67. The average molecular weight is 432 g/mol. The number of benzene rings is 2. The predicted molar refractivity (Wildman–Crippen MR) is 116 cm³/mol. The number of nitrogens with zero attached hydrogens (tertiary/aromatic N) is 3. The number of carbonyl (C=O) groups excluding carboxylic acids is 1. The minimum atomic E-state index is -0.329. The molecule has 2 aromatic carbocycles. The van der Waals surface area contributed by atoms with Crippen molar-refractivity contribution in [3.8, 4) is 22.5 Å². The molecule has 0 aliphatic carbocycles. The molecule has 152 valence electrons. The maximum absolute atomic E-state index is 12.3. The van der Waals surface area contributed by atoms with Crippen LogP contribution >= 0.6 is 23.2 Å². The molecule has 0 radical (unpaired) electrons. The van der Waals surface area contributed by atoms with E-state index in [0.29, 0.717) is 22.3 Å². The number of halogens is 2. The number of unbranched alkanes of at least 4 members (excludes halogenated alkanes) is 3. The van der Waals surface area contributed by atoms with Gasteiger partial charge < -0.3 is 4.74 Å². The zero-order valence-corrected chi connectivity index (χ0v) is 17.8. The van der Waals surface area contributed by atoms with E-state index >= 15 is 0 Å². The number of esters is 1. The second-order valence-electron chi connectivity index (χ2n) is 6.74. The number of ether oxygens (including phenoxy) is 1. The second-order valence-corrected chi connectivity index (χ2v) is 7.61. The van der Waals surface area contributed by atoms with E-state index in [2.05, 4.69) is 17.2 Å². The zero-order chi connectivity index (χ0) is 20.6. The number of hydrogen-bond donors (Lipinski definition) is 0. The van der Waals surface area contributed by atoms with E-state index < -0.39 is 0 Å². The summed E-state index contributed by atoms with van der Waals surface area (Å²) in [6.07, 6.45) is 4.22. The summed E-state index contributed by atoms with van der Waals surface area (Å²) in [5.74, 6) is -0.329. The summed E-state index contributed by atoms with van der Waals surface area (Å²) in [4.78, 5) is 12.3. The molecule has 3 aromatic rings. The van der Waals surface area contributed by atoms with Crippen molar-refractivity contribution in [2.24, 2.45) is 0 Å². The molecule has 1 heterocycles. The Morgan fingerprint density at radius 2 is 1.55 bits per heavy atom.